The van der Waals surface area contributed by atoms with E-state index in [4.69, 9.17) is 4.74 Å². The van der Waals surface area contributed by atoms with Gasteiger partial charge in [0.2, 0.25) is 0 Å². The number of urea groups is 1. The SMILES string of the molecule is Cc1c(CN2CCN(C(=O)OC(C)(C)C)CC2)cccc1C1C=CC2=NC(=O)NC2=C1. The number of ether oxygens (including phenoxy) is 1. The highest BCUT2D eigenvalue weighted by Gasteiger charge is 2.27. The summed E-state index contributed by atoms with van der Waals surface area (Å²) in [5, 5.41) is 2.80. The summed E-state index contributed by atoms with van der Waals surface area (Å²) in [6.07, 6.45) is 5.84. The zero-order chi connectivity index (χ0) is 22.2. The number of carbonyl (C=O) groups excluding carboxylic acids is 2. The first-order valence-corrected chi connectivity index (χ1v) is 10.8. The Morgan fingerprint density at radius 3 is 2.68 bits per heavy atom. The Balaban J connectivity index is 1.40. The van der Waals surface area contributed by atoms with Crippen LogP contribution in [0.25, 0.3) is 0 Å². The molecule has 7 heteroatoms. The van der Waals surface area contributed by atoms with Crippen molar-refractivity contribution >= 4 is 17.8 Å². The highest BCUT2D eigenvalue weighted by Crippen LogP contribution is 2.30. The van der Waals surface area contributed by atoms with Crippen LogP contribution < -0.4 is 5.32 Å². The van der Waals surface area contributed by atoms with E-state index in [2.05, 4.69) is 52.5 Å². The third-order valence-corrected chi connectivity index (χ3v) is 5.81. The predicted molar refractivity (Wildman–Crippen MR) is 120 cm³/mol. The second-order valence-electron chi connectivity index (χ2n) is 9.27. The molecule has 1 unspecified atom stereocenters. The van der Waals surface area contributed by atoms with Gasteiger partial charge >= 0.3 is 12.1 Å². The smallest absolute Gasteiger partial charge is 0.410 e. The van der Waals surface area contributed by atoms with Crippen molar-refractivity contribution in [2.24, 2.45) is 4.99 Å². The first-order chi connectivity index (χ1) is 14.7. The topological polar surface area (TPSA) is 74.2 Å². The lowest BCUT2D eigenvalue weighted by atomic mass is 9.88. The van der Waals surface area contributed by atoms with Gasteiger partial charge in [0, 0.05) is 38.6 Å². The number of fused-ring (bicyclic) bond motifs is 1. The van der Waals surface area contributed by atoms with E-state index in [9.17, 15) is 9.59 Å². The van der Waals surface area contributed by atoms with Gasteiger partial charge in [0.25, 0.3) is 0 Å². The molecule has 1 N–H and O–H groups in total. The molecule has 0 spiro atoms. The highest BCUT2D eigenvalue weighted by atomic mass is 16.6. The van der Waals surface area contributed by atoms with Crippen molar-refractivity contribution in [2.45, 2.75) is 45.8 Å². The zero-order valence-electron chi connectivity index (χ0n) is 18.6. The molecule has 2 heterocycles. The van der Waals surface area contributed by atoms with Crippen LogP contribution in [0.3, 0.4) is 0 Å². The normalized spacial score (nSPS) is 21.4. The number of hydrogen-bond donors (Lipinski definition) is 1. The number of hydrogen-bond acceptors (Lipinski definition) is 4. The van der Waals surface area contributed by atoms with Crippen molar-refractivity contribution in [1.82, 2.24) is 15.1 Å². The van der Waals surface area contributed by atoms with E-state index in [0.29, 0.717) is 18.8 Å². The quantitative estimate of drug-likeness (QED) is 0.805. The first kappa shape index (κ1) is 21.3. The fourth-order valence-electron chi connectivity index (χ4n) is 4.15. The van der Waals surface area contributed by atoms with Gasteiger partial charge in [-0.2, -0.15) is 4.99 Å². The van der Waals surface area contributed by atoms with E-state index in [-0.39, 0.29) is 18.0 Å². The lowest BCUT2D eigenvalue weighted by molar-refractivity contribution is 0.0139. The lowest BCUT2D eigenvalue weighted by Gasteiger charge is -2.36. The van der Waals surface area contributed by atoms with Crippen LogP contribution in [0.4, 0.5) is 9.59 Å². The third kappa shape index (κ3) is 4.88. The van der Waals surface area contributed by atoms with Gasteiger partial charge in [0.1, 0.15) is 5.60 Å². The molecule has 3 amide bonds. The van der Waals surface area contributed by atoms with Crippen LogP contribution in [-0.2, 0) is 11.3 Å². The summed E-state index contributed by atoms with van der Waals surface area (Å²) in [7, 11) is 0. The number of piperazine rings is 1. The monoisotopic (exact) mass is 422 g/mol. The number of aliphatic imine (C=N–C) groups is 1. The molecule has 0 aromatic heterocycles. The van der Waals surface area contributed by atoms with Crippen molar-refractivity contribution in [2.75, 3.05) is 26.2 Å². The molecular weight excluding hydrogens is 392 g/mol. The molecule has 1 atom stereocenters. The predicted octanol–water partition coefficient (Wildman–Crippen LogP) is 3.75. The molecule has 1 saturated heterocycles. The van der Waals surface area contributed by atoms with E-state index >= 15 is 0 Å². The Hall–Kier alpha value is -2.93. The Kier molecular flexibility index (Phi) is 5.71. The molecule has 7 nitrogen and oxygen atoms in total. The van der Waals surface area contributed by atoms with Gasteiger partial charge < -0.3 is 15.0 Å². The van der Waals surface area contributed by atoms with E-state index in [0.717, 1.165) is 25.3 Å². The van der Waals surface area contributed by atoms with Crippen LogP contribution in [0.5, 0.6) is 0 Å². The number of nitrogens with zero attached hydrogens (tertiary/aromatic N) is 3. The minimum Gasteiger partial charge on any atom is -0.444 e. The molecule has 1 aromatic rings. The number of allylic oxidation sites excluding steroid dienone is 3. The molecule has 1 fully saturated rings. The number of carbonyl (C=O) groups is 2. The van der Waals surface area contributed by atoms with Crippen molar-refractivity contribution in [3.05, 3.63) is 58.8 Å². The molecule has 31 heavy (non-hydrogen) atoms. The number of amides is 3. The number of benzene rings is 1. The first-order valence-electron chi connectivity index (χ1n) is 10.8. The summed E-state index contributed by atoms with van der Waals surface area (Å²) in [5.74, 6) is 0.108. The van der Waals surface area contributed by atoms with E-state index in [1.807, 2.05) is 26.8 Å². The average molecular weight is 423 g/mol. The maximum absolute atomic E-state index is 12.3. The Labute approximate surface area is 183 Å². The molecule has 3 aliphatic rings. The fraction of sp³-hybridized carbons (Fsp3) is 0.458. The Morgan fingerprint density at radius 1 is 1.23 bits per heavy atom. The molecule has 164 valence electrons. The largest absolute Gasteiger partial charge is 0.444 e. The Morgan fingerprint density at radius 2 is 1.97 bits per heavy atom. The van der Waals surface area contributed by atoms with Crippen molar-refractivity contribution in [1.29, 1.82) is 0 Å². The van der Waals surface area contributed by atoms with Gasteiger partial charge in [0.15, 0.2) is 0 Å². The standard InChI is InChI=1S/C24H30N4O3/c1-16-18(15-27-10-12-28(13-11-27)23(30)31-24(2,3)4)6-5-7-19(16)17-8-9-20-21(14-17)26-22(29)25-20/h5-9,14,17H,10-13,15H2,1-4H3,(H,26,29). The molecule has 2 aliphatic heterocycles. The third-order valence-electron chi connectivity index (χ3n) is 5.81. The summed E-state index contributed by atoms with van der Waals surface area (Å²) >= 11 is 0. The Bertz CT molecular complexity index is 979. The van der Waals surface area contributed by atoms with Gasteiger partial charge in [-0.3, -0.25) is 4.90 Å². The molecule has 0 bridgehead atoms. The molecule has 1 aliphatic carbocycles. The van der Waals surface area contributed by atoms with Gasteiger partial charge in [-0.1, -0.05) is 24.3 Å². The fourth-order valence-corrected chi connectivity index (χ4v) is 4.15. The molecule has 1 aromatic carbocycles. The van der Waals surface area contributed by atoms with Crippen LogP contribution in [0.1, 0.15) is 43.4 Å². The van der Waals surface area contributed by atoms with Crippen LogP contribution in [0.15, 0.2) is 47.1 Å². The van der Waals surface area contributed by atoms with Gasteiger partial charge in [-0.05, 0) is 56.5 Å². The van der Waals surface area contributed by atoms with Crippen LogP contribution in [0, 0.1) is 6.92 Å². The lowest BCUT2D eigenvalue weighted by Crippen LogP contribution is -2.49. The molecule has 0 saturated carbocycles. The highest BCUT2D eigenvalue weighted by molar-refractivity contribution is 6.19. The maximum atomic E-state index is 12.3. The maximum Gasteiger partial charge on any atom is 0.410 e. The van der Waals surface area contributed by atoms with Crippen molar-refractivity contribution < 1.29 is 14.3 Å². The van der Waals surface area contributed by atoms with Crippen LogP contribution in [-0.4, -0.2) is 59.4 Å². The van der Waals surface area contributed by atoms with Crippen LogP contribution >= 0.6 is 0 Å². The average Bonchev–Trinajstić information content (AvgIpc) is 3.08. The number of nitrogens with one attached hydrogen (secondary N) is 1. The molecule has 4 rings (SSSR count). The summed E-state index contributed by atoms with van der Waals surface area (Å²) in [4.78, 5) is 31.9. The van der Waals surface area contributed by atoms with Crippen molar-refractivity contribution in [3.63, 3.8) is 0 Å². The van der Waals surface area contributed by atoms with Gasteiger partial charge in [-0.15, -0.1) is 0 Å². The summed E-state index contributed by atoms with van der Waals surface area (Å²) in [6.45, 7) is 11.7. The summed E-state index contributed by atoms with van der Waals surface area (Å²) < 4.78 is 5.49. The molecular formula is C24H30N4O3. The van der Waals surface area contributed by atoms with Gasteiger partial charge in [0.05, 0.1) is 11.4 Å². The zero-order valence-corrected chi connectivity index (χ0v) is 18.6. The van der Waals surface area contributed by atoms with E-state index < -0.39 is 5.60 Å². The number of rotatable bonds is 3. The summed E-state index contributed by atoms with van der Waals surface area (Å²) in [5.41, 5.74) is 4.80. The van der Waals surface area contributed by atoms with Gasteiger partial charge in [-0.25, -0.2) is 9.59 Å². The van der Waals surface area contributed by atoms with E-state index in [1.54, 1.807) is 4.90 Å². The van der Waals surface area contributed by atoms with Crippen molar-refractivity contribution in [3.8, 4) is 0 Å². The second-order valence-corrected chi connectivity index (χ2v) is 9.27. The van der Waals surface area contributed by atoms with Crippen LogP contribution in [0.2, 0.25) is 0 Å². The molecule has 0 radical (unpaired) electrons. The minimum atomic E-state index is -0.470. The second kappa shape index (κ2) is 8.30. The summed E-state index contributed by atoms with van der Waals surface area (Å²) in [6, 6.07) is 6.10. The van der Waals surface area contributed by atoms with E-state index in [1.165, 1.54) is 16.7 Å². The minimum absolute atomic E-state index is 0.108.